The van der Waals surface area contributed by atoms with Crippen molar-refractivity contribution in [2.24, 2.45) is 5.73 Å². The van der Waals surface area contributed by atoms with E-state index in [0.29, 0.717) is 29.7 Å². The van der Waals surface area contributed by atoms with Crippen molar-refractivity contribution >= 4 is 52.0 Å². The van der Waals surface area contributed by atoms with Gasteiger partial charge in [-0.3, -0.25) is 9.59 Å². The Bertz CT molecular complexity index is 1290. The van der Waals surface area contributed by atoms with Crippen LogP contribution in [0.25, 0.3) is 11.0 Å². The summed E-state index contributed by atoms with van der Waals surface area (Å²) in [6, 6.07) is 7.78. The van der Waals surface area contributed by atoms with Gasteiger partial charge < -0.3 is 25.5 Å². The monoisotopic (exact) mass is 489 g/mol. The minimum absolute atomic E-state index is 0.00955. The molecule has 0 unspecified atom stereocenters. The lowest BCUT2D eigenvalue weighted by Gasteiger charge is -2.30. The molecular weight excluding hydrogens is 469 g/mol. The van der Waals surface area contributed by atoms with E-state index in [0.717, 1.165) is 10.9 Å². The first kappa shape index (κ1) is 23.1. The number of hydrogen-bond donors (Lipinski definition) is 3. The number of nitrogens with two attached hydrogens (primary N) is 1. The fourth-order valence-electron chi connectivity index (χ4n) is 4.01. The molecule has 4 N–H and O–H groups in total. The van der Waals surface area contributed by atoms with Gasteiger partial charge in [0.15, 0.2) is 5.76 Å². The van der Waals surface area contributed by atoms with Gasteiger partial charge >= 0.3 is 5.97 Å². The maximum atomic E-state index is 13.2. The van der Waals surface area contributed by atoms with Gasteiger partial charge in [0.2, 0.25) is 0 Å². The predicted molar refractivity (Wildman–Crippen MR) is 124 cm³/mol. The fraction of sp³-hybridized carbons (Fsp3) is 0.261. The third-order valence-electron chi connectivity index (χ3n) is 5.80. The van der Waals surface area contributed by atoms with E-state index in [1.807, 2.05) is 31.2 Å². The van der Waals surface area contributed by atoms with Crippen LogP contribution in [-0.4, -0.2) is 46.9 Å². The number of carbonyl (C=O) groups is 3. The van der Waals surface area contributed by atoms with Crippen molar-refractivity contribution in [3.05, 3.63) is 68.4 Å². The molecule has 1 aliphatic rings. The van der Waals surface area contributed by atoms with E-state index in [2.05, 4.69) is 5.32 Å². The van der Waals surface area contributed by atoms with Gasteiger partial charge in [0, 0.05) is 30.6 Å². The van der Waals surface area contributed by atoms with E-state index >= 15 is 0 Å². The first-order valence-electron chi connectivity index (χ1n) is 10.2. The van der Waals surface area contributed by atoms with Crippen LogP contribution in [0.2, 0.25) is 10.0 Å². The average molecular weight is 490 g/mol. The Morgan fingerprint density at radius 1 is 1.27 bits per heavy atom. The lowest BCUT2D eigenvalue weighted by molar-refractivity contribution is -0.138. The van der Waals surface area contributed by atoms with Crippen LogP contribution in [0.1, 0.15) is 37.6 Å². The molecule has 0 fully saturated rings. The van der Waals surface area contributed by atoms with Crippen LogP contribution in [0.4, 0.5) is 0 Å². The van der Waals surface area contributed by atoms with E-state index < -0.39 is 17.9 Å². The molecule has 1 aliphatic heterocycles. The van der Waals surface area contributed by atoms with Crippen molar-refractivity contribution < 1.29 is 23.9 Å². The van der Waals surface area contributed by atoms with Crippen molar-refractivity contribution in [3.8, 4) is 0 Å². The number of benzene rings is 2. The minimum Gasteiger partial charge on any atom is -0.480 e. The van der Waals surface area contributed by atoms with Gasteiger partial charge in [-0.2, -0.15) is 0 Å². The Morgan fingerprint density at radius 2 is 2.00 bits per heavy atom. The lowest BCUT2D eigenvalue weighted by atomic mass is 9.96. The largest absolute Gasteiger partial charge is 0.480 e. The summed E-state index contributed by atoms with van der Waals surface area (Å²) < 4.78 is 5.81. The number of aliphatic carboxylic acids is 1. The number of aryl methyl sites for hydroxylation is 1. The molecule has 0 radical (unpaired) electrons. The second-order valence-electron chi connectivity index (χ2n) is 7.81. The normalized spacial score (nSPS) is 14.1. The highest BCUT2D eigenvalue weighted by molar-refractivity contribution is 6.40. The molecule has 2 heterocycles. The summed E-state index contributed by atoms with van der Waals surface area (Å²) in [6.45, 7) is 2.18. The molecule has 2 aromatic carbocycles. The van der Waals surface area contributed by atoms with Crippen LogP contribution in [0.3, 0.4) is 0 Å². The summed E-state index contributed by atoms with van der Waals surface area (Å²) in [5, 5.41) is 12.6. The molecule has 0 aliphatic carbocycles. The van der Waals surface area contributed by atoms with Crippen molar-refractivity contribution in [1.82, 2.24) is 10.2 Å². The maximum absolute atomic E-state index is 13.2. The smallest absolute Gasteiger partial charge is 0.327 e. The number of para-hydroxylation sites is 1. The molecule has 0 saturated carbocycles. The number of amides is 2. The zero-order chi connectivity index (χ0) is 23.9. The minimum atomic E-state index is -1.26. The van der Waals surface area contributed by atoms with Gasteiger partial charge in [-0.1, -0.05) is 41.4 Å². The third-order valence-corrected chi connectivity index (χ3v) is 6.51. The molecule has 33 heavy (non-hydrogen) atoms. The van der Waals surface area contributed by atoms with Crippen LogP contribution in [0.15, 0.2) is 34.7 Å². The molecule has 0 saturated heterocycles. The number of nitrogens with zero attached hydrogens (tertiary/aromatic N) is 1. The second kappa shape index (κ2) is 9.05. The molecule has 0 spiro atoms. The Morgan fingerprint density at radius 3 is 2.67 bits per heavy atom. The number of rotatable bonds is 5. The van der Waals surface area contributed by atoms with Crippen LogP contribution in [0.5, 0.6) is 0 Å². The molecule has 2 amide bonds. The highest BCUT2D eigenvalue weighted by Crippen LogP contribution is 2.35. The first-order valence-corrected chi connectivity index (χ1v) is 11.0. The molecular formula is C23H21Cl2N3O5. The highest BCUT2D eigenvalue weighted by atomic mass is 35.5. The van der Waals surface area contributed by atoms with Crippen LogP contribution in [0, 0.1) is 6.92 Å². The van der Waals surface area contributed by atoms with Gasteiger partial charge in [0.25, 0.3) is 11.8 Å². The number of halogens is 2. The molecule has 3 aromatic rings. The van der Waals surface area contributed by atoms with E-state index in [1.165, 1.54) is 0 Å². The van der Waals surface area contributed by atoms with Crippen molar-refractivity contribution in [3.63, 3.8) is 0 Å². The quantitative estimate of drug-likeness (QED) is 0.504. The Hall–Kier alpha value is -3.07. The van der Waals surface area contributed by atoms with E-state index in [1.54, 1.807) is 11.0 Å². The van der Waals surface area contributed by atoms with E-state index in [-0.39, 0.29) is 40.4 Å². The van der Waals surface area contributed by atoms with Crippen LogP contribution < -0.4 is 11.1 Å². The maximum Gasteiger partial charge on any atom is 0.327 e. The zero-order valence-electron chi connectivity index (χ0n) is 17.7. The van der Waals surface area contributed by atoms with Gasteiger partial charge in [-0.15, -0.1) is 0 Å². The average Bonchev–Trinajstić information content (AvgIpc) is 3.13. The topological polar surface area (TPSA) is 126 Å². The number of hydrogen-bond acceptors (Lipinski definition) is 5. The highest BCUT2D eigenvalue weighted by Gasteiger charge is 2.31. The number of carbonyl (C=O) groups excluding carboxylic acids is 2. The number of carboxylic acids is 1. The lowest BCUT2D eigenvalue weighted by Crippen LogP contribution is -2.46. The van der Waals surface area contributed by atoms with Gasteiger partial charge in [0.1, 0.15) is 11.6 Å². The summed E-state index contributed by atoms with van der Waals surface area (Å²) in [4.78, 5) is 38.7. The van der Waals surface area contributed by atoms with Crippen molar-refractivity contribution in [2.45, 2.75) is 25.9 Å². The number of carboxylic acid groups (broad SMARTS) is 1. The first-order chi connectivity index (χ1) is 15.7. The Kier molecular flexibility index (Phi) is 6.34. The molecule has 8 nitrogen and oxygen atoms in total. The molecule has 0 bridgehead atoms. The summed E-state index contributed by atoms with van der Waals surface area (Å²) in [6.07, 6.45) is 0.399. The molecule has 172 valence electrons. The third kappa shape index (κ3) is 4.17. The molecule has 10 heteroatoms. The van der Waals surface area contributed by atoms with Gasteiger partial charge in [0.05, 0.1) is 15.6 Å². The van der Waals surface area contributed by atoms with Crippen LogP contribution >= 0.6 is 23.2 Å². The van der Waals surface area contributed by atoms with E-state index in [9.17, 15) is 14.4 Å². The summed E-state index contributed by atoms with van der Waals surface area (Å²) in [5.41, 5.74) is 8.22. The molecule has 1 aromatic heterocycles. The summed E-state index contributed by atoms with van der Waals surface area (Å²) >= 11 is 12.9. The van der Waals surface area contributed by atoms with Crippen molar-refractivity contribution in [2.75, 3.05) is 13.1 Å². The van der Waals surface area contributed by atoms with Crippen molar-refractivity contribution in [1.29, 1.82) is 0 Å². The summed E-state index contributed by atoms with van der Waals surface area (Å²) in [7, 11) is 0. The van der Waals surface area contributed by atoms with Crippen LogP contribution in [-0.2, 0) is 17.8 Å². The second-order valence-corrected chi connectivity index (χ2v) is 8.60. The number of fused-ring (bicyclic) bond motifs is 2. The number of nitrogens with one attached hydrogen (secondary N) is 1. The SMILES string of the molecule is Cc1c(C(=O)N2CCc3c(cc(Cl)c(C(=O)N[C@@H](CN)C(=O)O)c3Cl)C2)oc2ccccc12. The summed E-state index contributed by atoms with van der Waals surface area (Å²) in [5.74, 6) is -1.93. The van der Waals surface area contributed by atoms with Gasteiger partial charge in [-0.05, 0) is 36.6 Å². The standard InChI is InChI=1S/C23H21Cl2N3O5/c1-11-13-4-2-3-5-17(13)33-20(11)22(30)28-7-6-14-12(10-28)8-15(24)18(19(14)25)21(29)27-16(9-26)23(31)32/h2-5,8,16H,6-7,9-10,26H2,1H3,(H,27,29)(H,31,32)/t16-/m0/s1. The zero-order valence-corrected chi connectivity index (χ0v) is 19.2. The molecule has 4 rings (SSSR count). The number of furan rings is 1. The Labute approximate surface area is 199 Å². The van der Waals surface area contributed by atoms with Gasteiger partial charge in [-0.25, -0.2) is 4.79 Å². The molecule has 1 atom stereocenters. The fourth-order valence-corrected chi connectivity index (χ4v) is 4.77. The Balaban J connectivity index is 1.61. The predicted octanol–water partition coefficient (Wildman–Crippen LogP) is 3.39. The van der Waals surface area contributed by atoms with E-state index in [4.69, 9.17) is 38.5 Å².